The summed E-state index contributed by atoms with van der Waals surface area (Å²) in [5, 5.41) is 11.3. The summed E-state index contributed by atoms with van der Waals surface area (Å²) >= 11 is 1.53. The number of nitrogens with zero attached hydrogens (tertiary/aromatic N) is 1. The number of carboxylic acid groups (broad SMARTS) is 1. The monoisotopic (exact) mass is 297 g/mol. The maximum absolute atomic E-state index is 12.1. The van der Waals surface area contributed by atoms with Crippen molar-refractivity contribution in [1.82, 2.24) is 4.90 Å². The highest BCUT2D eigenvalue weighted by Crippen LogP contribution is 2.35. The molecule has 0 bridgehead atoms. The minimum atomic E-state index is -0.866. The van der Waals surface area contributed by atoms with Crippen LogP contribution in [-0.2, 0) is 9.53 Å². The minimum Gasteiger partial charge on any atom is -0.481 e. The molecule has 1 saturated heterocycles. The molecular formula is C14H19NO4S. The Hall–Kier alpha value is -1.56. The number of hydrogen-bond acceptors (Lipinski definition) is 4. The van der Waals surface area contributed by atoms with Crippen molar-refractivity contribution in [3.8, 4) is 0 Å². The number of hydrogen-bond donors (Lipinski definition) is 1. The molecule has 110 valence electrons. The Morgan fingerprint density at radius 2 is 2.10 bits per heavy atom. The predicted molar refractivity (Wildman–Crippen MR) is 76.0 cm³/mol. The Kier molecular flexibility index (Phi) is 4.04. The van der Waals surface area contributed by atoms with Crippen LogP contribution in [0.5, 0.6) is 0 Å². The van der Waals surface area contributed by atoms with Gasteiger partial charge in [0.25, 0.3) is 0 Å². The van der Waals surface area contributed by atoms with E-state index in [0.717, 1.165) is 4.88 Å². The molecule has 0 spiro atoms. The molecule has 1 N–H and O–H groups in total. The molecule has 2 atom stereocenters. The van der Waals surface area contributed by atoms with E-state index in [1.54, 1.807) is 20.8 Å². The fraction of sp³-hybridized carbons (Fsp3) is 0.571. The van der Waals surface area contributed by atoms with Crippen LogP contribution in [0.2, 0.25) is 0 Å². The average molecular weight is 297 g/mol. The van der Waals surface area contributed by atoms with Gasteiger partial charge < -0.3 is 14.7 Å². The summed E-state index contributed by atoms with van der Waals surface area (Å²) in [6.07, 6.45) is -0.442. The highest BCUT2D eigenvalue weighted by atomic mass is 32.1. The van der Waals surface area contributed by atoms with E-state index in [-0.39, 0.29) is 12.5 Å². The van der Waals surface area contributed by atoms with Crippen molar-refractivity contribution in [3.05, 3.63) is 22.4 Å². The molecule has 0 aliphatic carbocycles. The smallest absolute Gasteiger partial charge is 0.410 e. The van der Waals surface area contributed by atoms with Gasteiger partial charge in [-0.05, 0) is 32.2 Å². The van der Waals surface area contributed by atoms with Crippen LogP contribution < -0.4 is 0 Å². The number of carboxylic acids is 1. The van der Waals surface area contributed by atoms with Crippen LogP contribution in [0.25, 0.3) is 0 Å². The molecule has 0 aromatic carbocycles. The van der Waals surface area contributed by atoms with Gasteiger partial charge >= 0.3 is 12.1 Å². The number of ether oxygens (including phenoxy) is 1. The molecular weight excluding hydrogens is 278 g/mol. The second kappa shape index (κ2) is 5.44. The number of likely N-dealkylation sites (tertiary alicyclic amines) is 1. The Labute approximate surface area is 122 Å². The van der Waals surface area contributed by atoms with Crippen LogP contribution in [0.3, 0.4) is 0 Å². The van der Waals surface area contributed by atoms with Gasteiger partial charge in [0.15, 0.2) is 0 Å². The Morgan fingerprint density at radius 1 is 1.40 bits per heavy atom. The summed E-state index contributed by atoms with van der Waals surface area (Å²) in [5.74, 6) is -1.59. The van der Waals surface area contributed by atoms with Crippen molar-refractivity contribution >= 4 is 23.4 Å². The number of carbonyl (C=O) groups is 2. The topological polar surface area (TPSA) is 66.8 Å². The molecule has 2 rings (SSSR count). The average Bonchev–Trinajstić information content (AvgIpc) is 2.95. The second-order valence-corrected chi connectivity index (χ2v) is 6.93. The maximum Gasteiger partial charge on any atom is 0.410 e. The van der Waals surface area contributed by atoms with E-state index in [0.29, 0.717) is 6.54 Å². The van der Waals surface area contributed by atoms with E-state index in [1.165, 1.54) is 16.2 Å². The van der Waals surface area contributed by atoms with Crippen molar-refractivity contribution in [2.45, 2.75) is 32.3 Å². The standard InChI is InChI=1S/C14H19NO4S/c1-14(2,3)19-13(18)15-7-9(10(8-15)12(16)17)11-5-4-6-20-11/h4-6,9-10H,7-8H2,1-3H3,(H,16,17)/t9-,10+/m0/s1. The van der Waals surface area contributed by atoms with Gasteiger partial charge in [0.05, 0.1) is 5.92 Å². The number of amides is 1. The zero-order valence-corrected chi connectivity index (χ0v) is 12.6. The van der Waals surface area contributed by atoms with Crippen LogP contribution in [0.15, 0.2) is 17.5 Å². The van der Waals surface area contributed by atoms with Crippen LogP contribution in [0, 0.1) is 5.92 Å². The summed E-state index contributed by atoms with van der Waals surface area (Å²) in [5.41, 5.74) is -0.573. The number of thiophene rings is 1. The van der Waals surface area contributed by atoms with Crippen molar-refractivity contribution < 1.29 is 19.4 Å². The van der Waals surface area contributed by atoms with Gasteiger partial charge in [-0.1, -0.05) is 6.07 Å². The molecule has 2 heterocycles. The molecule has 0 saturated carbocycles. The van der Waals surface area contributed by atoms with Crippen molar-refractivity contribution in [3.63, 3.8) is 0 Å². The number of rotatable bonds is 2. The van der Waals surface area contributed by atoms with Crippen LogP contribution >= 0.6 is 11.3 Å². The zero-order chi connectivity index (χ0) is 14.9. The van der Waals surface area contributed by atoms with Crippen LogP contribution in [0.4, 0.5) is 4.79 Å². The third kappa shape index (κ3) is 3.30. The van der Waals surface area contributed by atoms with E-state index in [2.05, 4.69) is 0 Å². The lowest BCUT2D eigenvalue weighted by molar-refractivity contribution is -0.141. The predicted octanol–water partition coefficient (Wildman–Crippen LogP) is 2.78. The summed E-state index contributed by atoms with van der Waals surface area (Å²) in [6.45, 7) is 5.99. The largest absolute Gasteiger partial charge is 0.481 e. The van der Waals surface area contributed by atoms with E-state index in [9.17, 15) is 14.7 Å². The Morgan fingerprint density at radius 3 is 2.60 bits per heavy atom. The minimum absolute atomic E-state index is 0.153. The Bertz CT molecular complexity index is 492. The fourth-order valence-corrected chi connectivity index (χ4v) is 3.21. The van der Waals surface area contributed by atoms with E-state index in [1.807, 2.05) is 17.5 Å². The second-order valence-electron chi connectivity index (χ2n) is 5.95. The lowest BCUT2D eigenvalue weighted by Crippen LogP contribution is -2.35. The molecule has 1 aliphatic rings. The van der Waals surface area contributed by atoms with Gasteiger partial charge in [0.2, 0.25) is 0 Å². The first kappa shape index (κ1) is 14.8. The van der Waals surface area contributed by atoms with Gasteiger partial charge in [0, 0.05) is 23.9 Å². The first-order valence-corrected chi connectivity index (χ1v) is 7.40. The van der Waals surface area contributed by atoms with Gasteiger partial charge in [-0.3, -0.25) is 4.79 Å². The zero-order valence-electron chi connectivity index (χ0n) is 11.8. The van der Waals surface area contributed by atoms with Crippen molar-refractivity contribution in [2.75, 3.05) is 13.1 Å². The summed E-state index contributed by atoms with van der Waals surface area (Å²) in [7, 11) is 0. The number of aliphatic carboxylic acids is 1. The molecule has 0 radical (unpaired) electrons. The fourth-order valence-electron chi connectivity index (χ4n) is 2.32. The van der Waals surface area contributed by atoms with Gasteiger partial charge in [-0.2, -0.15) is 0 Å². The van der Waals surface area contributed by atoms with Crippen LogP contribution in [-0.4, -0.2) is 40.8 Å². The van der Waals surface area contributed by atoms with Crippen molar-refractivity contribution in [1.29, 1.82) is 0 Å². The molecule has 1 amide bonds. The van der Waals surface area contributed by atoms with Crippen LogP contribution in [0.1, 0.15) is 31.6 Å². The molecule has 1 aromatic rings. The first-order chi connectivity index (χ1) is 9.28. The lowest BCUT2D eigenvalue weighted by atomic mass is 9.95. The lowest BCUT2D eigenvalue weighted by Gasteiger charge is -2.24. The molecule has 20 heavy (non-hydrogen) atoms. The molecule has 1 fully saturated rings. The highest BCUT2D eigenvalue weighted by molar-refractivity contribution is 7.10. The third-order valence-corrected chi connectivity index (χ3v) is 4.20. The van der Waals surface area contributed by atoms with Gasteiger partial charge in [-0.15, -0.1) is 11.3 Å². The quantitative estimate of drug-likeness (QED) is 0.911. The SMILES string of the molecule is CC(C)(C)OC(=O)N1C[C@H](c2cccs2)[C@H](C(=O)O)C1. The first-order valence-electron chi connectivity index (χ1n) is 6.52. The Balaban J connectivity index is 2.12. The highest BCUT2D eigenvalue weighted by Gasteiger charge is 2.42. The molecule has 1 aromatic heterocycles. The summed E-state index contributed by atoms with van der Waals surface area (Å²) < 4.78 is 5.31. The molecule has 5 nitrogen and oxygen atoms in total. The molecule has 1 aliphatic heterocycles. The van der Waals surface area contributed by atoms with Gasteiger partial charge in [-0.25, -0.2) is 4.79 Å². The number of carbonyl (C=O) groups excluding carboxylic acids is 1. The van der Waals surface area contributed by atoms with Crippen molar-refractivity contribution in [2.24, 2.45) is 5.92 Å². The molecule has 0 unspecified atom stereocenters. The maximum atomic E-state index is 12.1. The van der Waals surface area contributed by atoms with Gasteiger partial charge in [0.1, 0.15) is 5.60 Å². The van der Waals surface area contributed by atoms with E-state index >= 15 is 0 Å². The molecule has 6 heteroatoms. The van der Waals surface area contributed by atoms with E-state index in [4.69, 9.17) is 4.74 Å². The normalized spacial score (nSPS) is 22.9. The third-order valence-electron chi connectivity index (χ3n) is 3.20. The van der Waals surface area contributed by atoms with E-state index < -0.39 is 23.6 Å². The summed E-state index contributed by atoms with van der Waals surface area (Å²) in [4.78, 5) is 25.9. The summed E-state index contributed by atoms with van der Waals surface area (Å²) in [6, 6.07) is 3.82.